The Morgan fingerprint density at radius 2 is 1.92 bits per heavy atom. The van der Waals surface area contributed by atoms with Crippen LogP contribution in [-0.4, -0.2) is 43.2 Å². The average Bonchev–Trinajstić information content (AvgIpc) is 3.12. The number of piperidine rings is 1. The highest BCUT2D eigenvalue weighted by Crippen LogP contribution is 2.33. The van der Waals surface area contributed by atoms with Gasteiger partial charge in [-0.1, -0.05) is 6.42 Å². The molecule has 2 heterocycles. The molecule has 0 atom stereocenters. The number of benzene rings is 1. The van der Waals surface area contributed by atoms with Crippen LogP contribution in [0.15, 0.2) is 23.6 Å². The Kier molecular flexibility index (Phi) is 5.32. The highest BCUT2D eigenvalue weighted by atomic mass is 32.1. The van der Waals surface area contributed by atoms with Crippen molar-refractivity contribution >= 4 is 17.2 Å². The van der Waals surface area contributed by atoms with Gasteiger partial charge in [0.05, 0.1) is 14.2 Å². The molecule has 1 N–H and O–H groups in total. The summed E-state index contributed by atoms with van der Waals surface area (Å²) in [5, 5.41) is 4.53. The number of carbonyl (C=O) groups is 1. The van der Waals surface area contributed by atoms with Crippen molar-refractivity contribution in [3.63, 3.8) is 0 Å². The van der Waals surface area contributed by atoms with Gasteiger partial charge < -0.3 is 9.47 Å². The van der Waals surface area contributed by atoms with Gasteiger partial charge in [0.1, 0.15) is 10.7 Å². The Balaban J connectivity index is 1.74. The molecule has 0 bridgehead atoms. The predicted molar refractivity (Wildman–Crippen MR) is 93.5 cm³/mol. The Morgan fingerprint density at radius 1 is 1.17 bits per heavy atom. The highest BCUT2D eigenvalue weighted by molar-refractivity contribution is 7.13. The molecule has 1 fully saturated rings. The summed E-state index contributed by atoms with van der Waals surface area (Å²) in [6.45, 7) is 1.80. The van der Waals surface area contributed by atoms with Gasteiger partial charge in [-0.3, -0.25) is 10.2 Å². The van der Waals surface area contributed by atoms with Crippen LogP contribution in [0.1, 0.15) is 29.8 Å². The Labute approximate surface area is 145 Å². The van der Waals surface area contributed by atoms with Crippen molar-refractivity contribution in [3.05, 3.63) is 29.3 Å². The average molecular weight is 347 g/mol. The van der Waals surface area contributed by atoms with Crippen LogP contribution in [0.2, 0.25) is 0 Å². The Hall–Kier alpha value is -2.12. The molecule has 0 radical (unpaired) electrons. The number of hydrogen-bond donors (Lipinski definition) is 1. The third-order valence-corrected chi connectivity index (χ3v) is 4.87. The van der Waals surface area contributed by atoms with E-state index in [1.165, 1.54) is 17.8 Å². The molecule has 1 aromatic heterocycles. The van der Waals surface area contributed by atoms with E-state index in [-0.39, 0.29) is 5.91 Å². The second-order valence-corrected chi connectivity index (χ2v) is 6.45. The van der Waals surface area contributed by atoms with Crippen LogP contribution in [0, 0.1) is 0 Å². The minimum Gasteiger partial charge on any atom is -0.493 e. The van der Waals surface area contributed by atoms with Crippen LogP contribution in [-0.2, 0) is 0 Å². The summed E-state index contributed by atoms with van der Waals surface area (Å²) in [5.41, 5.74) is 4.27. The minimum absolute atomic E-state index is 0.153. The number of carbonyl (C=O) groups excluding carboxylic acids is 1. The van der Waals surface area contributed by atoms with E-state index in [4.69, 9.17) is 9.47 Å². The summed E-state index contributed by atoms with van der Waals surface area (Å²) in [5.74, 6) is 1.16. The second-order valence-electron chi connectivity index (χ2n) is 5.60. The molecular formula is C17H21N3O3S. The molecule has 0 spiro atoms. The molecule has 1 aliphatic heterocycles. The highest BCUT2D eigenvalue weighted by Gasteiger charge is 2.17. The van der Waals surface area contributed by atoms with E-state index in [9.17, 15) is 4.79 Å². The first-order valence-electron chi connectivity index (χ1n) is 7.95. The lowest BCUT2D eigenvalue weighted by molar-refractivity contribution is 0.0745. The molecule has 1 amide bonds. The van der Waals surface area contributed by atoms with Gasteiger partial charge in [0.25, 0.3) is 5.91 Å². The summed E-state index contributed by atoms with van der Waals surface area (Å²) in [6.07, 6.45) is 3.47. The van der Waals surface area contributed by atoms with E-state index >= 15 is 0 Å². The normalized spacial score (nSPS) is 15.1. The molecule has 6 nitrogen and oxygen atoms in total. The zero-order valence-corrected chi connectivity index (χ0v) is 14.7. The summed E-state index contributed by atoms with van der Waals surface area (Å²) in [7, 11) is 3.20. The maximum atomic E-state index is 12.3. The number of methoxy groups -OCH3 is 2. The SMILES string of the molecule is COc1ccc(-c2nc(C(=O)NN3CCCCC3)cs2)cc1OC. The molecule has 2 aromatic rings. The molecule has 1 saturated heterocycles. The van der Waals surface area contributed by atoms with Crippen molar-refractivity contribution in [2.45, 2.75) is 19.3 Å². The topological polar surface area (TPSA) is 63.7 Å². The van der Waals surface area contributed by atoms with Gasteiger partial charge in [0, 0.05) is 24.0 Å². The molecule has 0 unspecified atom stereocenters. The fraction of sp³-hybridized carbons (Fsp3) is 0.412. The number of hydrazine groups is 1. The number of nitrogens with one attached hydrogen (secondary N) is 1. The molecule has 3 rings (SSSR count). The fourth-order valence-corrected chi connectivity index (χ4v) is 3.48. The first kappa shape index (κ1) is 16.7. The number of nitrogens with zero attached hydrogens (tertiary/aromatic N) is 2. The zero-order valence-electron chi connectivity index (χ0n) is 13.9. The number of thiazole rings is 1. The maximum absolute atomic E-state index is 12.3. The van der Waals surface area contributed by atoms with Gasteiger partial charge in [-0.2, -0.15) is 0 Å². The molecule has 0 saturated carbocycles. The lowest BCUT2D eigenvalue weighted by atomic mass is 10.2. The maximum Gasteiger partial charge on any atom is 0.285 e. The molecular weight excluding hydrogens is 326 g/mol. The molecule has 0 aliphatic carbocycles. The van der Waals surface area contributed by atoms with E-state index in [2.05, 4.69) is 10.4 Å². The molecule has 1 aliphatic rings. The van der Waals surface area contributed by atoms with Crippen LogP contribution >= 0.6 is 11.3 Å². The summed E-state index contributed by atoms with van der Waals surface area (Å²) >= 11 is 1.44. The summed E-state index contributed by atoms with van der Waals surface area (Å²) in [6, 6.07) is 5.61. The van der Waals surface area contributed by atoms with Gasteiger partial charge in [-0.15, -0.1) is 11.3 Å². The first-order valence-corrected chi connectivity index (χ1v) is 8.83. The number of rotatable bonds is 5. The second kappa shape index (κ2) is 7.63. The molecule has 24 heavy (non-hydrogen) atoms. The molecule has 128 valence electrons. The largest absolute Gasteiger partial charge is 0.493 e. The van der Waals surface area contributed by atoms with Crippen molar-refractivity contribution in [1.29, 1.82) is 0 Å². The number of ether oxygens (including phenoxy) is 2. The minimum atomic E-state index is -0.153. The Morgan fingerprint density at radius 3 is 2.62 bits per heavy atom. The lowest BCUT2D eigenvalue weighted by Crippen LogP contribution is -2.45. The van der Waals surface area contributed by atoms with Crippen molar-refractivity contribution in [3.8, 4) is 22.1 Å². The smallest absolute Gasteiger partial charge is 0.285 e. The van der Waals surface area contributed by atoms with Gasteiger partial charge >= 0.3 is 0 Å². The number of amides is 1. The van der Waals surface area contributed by atoms with Crippen LogP contribution in [0.25, 0.3) is 10.6 Å². The third-order valence-electron chi connectivity index (χ3n) is 3.98. The van der Waals surface area contributed by atoms with Gasteiger partial charge in [-0.25, -0.2) is 9.99 Å². The molecule has 1 aromatic carbocycles. The zero-order chi connectivity index (χ0) is 16.9. The standard InChI is InChI=1S/C17H21N3O3S/c1-22-14-7-6-12(10-15(14)23-2)17-18-13(11-24-17)16(21)19-20-8-4-3-5-9-20/h6-7,10-11H,3-5,8-9H2,1-2H3,(H,19,21). The van der Waals surface area contributed by atoms with Gasteiger partial charge in [-0.05, 0) is 31.0 Å². The number of hydrogen-bond acceptors (Lipinski definition) is 6. The third kappa shape index (κ3) is 3.68. The van der Waals surface area contributed by atoms with Crippen molar-refractivity contribution in [2.75, 3.05) is 27.3 Å². The van der Waals surface area contributed by atoms with E-state index in [1.54, 1.807) is 19.6 Å². The van der Waals surface area contributed by atoms with E-state index < -0.39 is 0 Å². The van der Waals surface area contributed by atoms with E-state index in [0.29, 0.717) is 17.2 Å². The van der Waals surface area contributed by atoms with Gasteiger partial charge in [0.2, 0.25) is 0 Å². The lowest BCUT2D eigenvalue weighted by Gasteiger charge is -2.26. The van der Waals surface area contributed by atoms with E-state index in [1.807, 2.05) is 23.2 Å². The summed E-state index contributed by atoms with van der Waals surface area (Å²) < 4.78 is 10.6. The van der Waals surface area contributed by atoms with Crippen LogP contribution in [0.3, 0.4) is 0 Å². The Bertz CT molecular complexity index is 711. The monoisotopic (exact) mass is 347 g/mol. The van der Waals surface area contributed by atoms with Crippen LogP contribution < -0.4 is 14.9 Å². The fourth-order valence-electron chi connectivity index (χ4n) is 2.69. The van der Waals surface area contributed by atoms with Crippen LogP contribution in [0.5, 0.6) is 11.5 Å². The van der Waals surface area contributed by atoms with E-state index in [0.717, 1.165) is 36.5 Å². The van der Waals surface area contributed by atoms with Gasteiger partial charge in [0.15, 0.2) is 11.5 Å². The molecule has 7 heteroatoms. The number of aromatic nitrogens is 1. The van der Waals surface area contributed by atoms with Crippen molar-refractivity contribution in [2.24, 2.45) is 0 Å². The first-order chi connectivity index (χ1) is 11.7. The summed E-state index contributed by atoms with van der Waals surface area (Å²) in [4.78, 5) is 16.8. The van der Waals surface area contributed by atoms with Crippen molar-refractivity contribution < 1.29 is 14.3 Å². The van der Waals surface area contributed by atoms with Crippen LogP contribution in [0.4, 0.5) is 0 Å². The van der Waals surface area contributed by atoms with Crippen molar-refractivity contribution in [1.82, 2.24) is 15.4 Å². The quantitative estimate of drug-likeness (QED) is 0.901. The predicted octanol–water partition coefficient (Wildman–Crippen LogP) is 2.96.